The minimum absolute atomic E-state index is 0.243. The van der Waals surface area contributed by atoms with Crippen molar-refractivity contribution in [1.82, 2.24) is 9.71 Å². The number of rotatable bonds is 7. The van der Waals surface area contributed by atoms with Gasteiger partial charge in [0.25, 0.3) is 0 Å². The molecule has 0 bridgehead atoms. The molecule has 0 amide bonds. The van der Waals surface area contributed by atoms with Crippen LogP contribution in [0.25, 0.3) is 0 Å². The number of hydrogen-bond acceptors (Lipinski definition) is 4. The molecule has 0 aliphatic carbocycles. The Morgan fingerprint density at radius 3 is 2.56 bits per heavy atom. The van der Waals surface area contributed by atoms with E-state index < -0.39 is 10.0 Å². The van der Waals surface area contributed by atoms with E-state index in [4.69, 9.17) is 0 Å². The van der Waals surface area contributed by atoms with E-state index in [2.05, 4.69) is 28.9 Å². The Labute approximate surface area is 109 Å². The zero-order valence-electron chi connectivity index (χ0n) is 11.1. The van der Waals surface area contributed by atoms with Gasteiger partial charge in [0.2, 0.25) is 10.0 Å². The van der Waals surface area contributed by atoms with Crippen molar-refractivity contribution in [2.24, 2.45) is 5.92 Å². The monoisotopic (exact) mass is 271 g/mol. The van der Waals surface area contributed by atoms with E-state index in [1.54, 1.807) is 7.05 Å². The maximum absolute atomic E-state index is 12.1. The summed E-state index contributed by atoms with van der Waals surface area (Å²) in [5.41, 5.74) is 0. The molecule has 102 valence electrons. The Morgan fingerprint density at radius 1 is 1.33 bits per heavy atom. The highest BCUT2D eigenvalue weighted by atomic mass is 32.2. The Balaban J connectivity index is 2.79. The van der Waals surface area contributed by atoms with Gasteiger partial charge in [0.15, 0.2) is 0 Å². The standard InChI is InChI=1S/C12H21N3O2S/c1-4-10(5-2)9-15-18(16,17)11-6-7-14-12(8-11)13-3/h6-8,10,15H,4-5,9H2,1-3H3,(H,13,14). The van der Waals surface area contributed by atoms with Crippen LogP contribution in [0, 0.1) is 5.92 Å². The van der Waals surface area contributed by atoms with Crippen LogP contribution in [0.3, 0.4) is 0 Å². The van der Waals surface area contributed by atoms with Gasteiger partial charge in [-0.2, -0.15) is 0 Å². The first-order valence-electron chi connectivity index (χ1n) is 6.17. The highest BCUT2D eigenvalue weighted by Crippen LogP contribution is 2.13. The van der Waals surface area contributed by atoms with Crippen LogP contribution in [0.4, 0.5) is 5.82 Å². The van der Waals surface area contributed by atoms with Crippen LogP contribution in [0.15, 0.2) is 23.2 Å². The largest absolute Gasteiger partial charge is 0.373 e. The molecule has 0 aliphatic heterocycles. The summed E-state index contributed by atoms with van der Waals surface area (Å²) in [6, 6.07) is 3.02. The predicted octanol–water partition coefficient (Wildman–Crippen LogP) is 1.84. The third-order valence-corrected chi connectivity index (χ3v) is 4.44. The van der Waals surface area contributed by atoms with Crippen LogP contribution in [-0.4, -0.2) is 27.0 Å². The lowest BCUT2D eigenvalue weighted by molar-refractivity contribution is 0.479. The van der Waals surface area contributed by atoms with E-state index in [0.29, 0.717) is 18.3 Å². The van der Waals surface area contributed by atoms with Gasteiger partial charge in [0.1, 0.15) is 5.82 Å². The van der Waals surface area contributed by atoms with Crippen molar-refractivity contribution < 1.29 is 8.42 Å². The van der Waals surface area contributed by atoms with Gasteiger partial charge in [-0.1, -0.05) is 26.7 Å². The Kier molecular flexibility index (Phi) is 5.55. The van der Waals surface area contributed by atoms with E-state index in [0.717, 1.165) is 12.8 Å². The number of sulfonamides is 1. The number of nitrogens with one attached hydrogen (secondary N) is 2. The molecule has 0 atom stereocenters. The highest BCUT2D eigenvalue weighted by Gasteiger charge is 2.16. The fraction of sp³-hybridized carbons (Fsp3) is 0.583. The molecule has 0 saturated carbocycles. The minimum atomic E-state index is -3.44. The van der Waals surface area contributed by atoms with Gasteiger partial charge in [-0.15, -0.1) is 0 Å². The SMILES string of the molecule is CCC(CC)CNS(=O)(=O)c1ccnc(NC)c1. The molecule has 0 fully saturated rings. The van der Waals surface area contributed by atoms with Crippen molar-refractivity contribution in [2.75, 3.05) is 18.9 Å². The van der Waals surface area contributed by atoms with Crippen molar-refractivity contribution >= 4 is 15.8 Å². The molecular formula is C12H21N3O2S. The first-order chi connectivity index (χ1) is 8.53. The summed E-state index contributed by atoms with van der Waals surface area (Å²) < 4.78 is 26.8. The lowest BCUT2D eigenvalue weighted by atomic mass is 10.0. The zero-order chi connectivity index (χ0) is 13.6. The molecular weight excluding hydrogens is 250 g/mol. The van der Waals surface area contributed by atoms with Gasteiger partial charge in [-0.3, -0.25) is 0 Å². The van der Waals surface area contributed by atoms with Gasteiger partial charge < -0.3 is 5.32 Å². The summed E-state index contributed by atoms with van der Waals surface area (Å²) in [5, 5.41) is 2.82. The molecule has 1 heterocycles. The molecule has 1 aromatic heterocycles. The van der Waals surface area contributed by atoms with Crippen molar-refractivity contribution in [2.45, 2.75) is 31.6 Å². The quantitative estimate of drug-likeness (QED) is 0.794. The van der Waals surface area contributed by atoms with Crippen molar-refractivity contribution in [3.63, 3.8) is 0 Å². The summed E-state index contributed by atoms with van der Waals surface area (Å²) in [4.78, 5) is 4.24. The summed E-state index contributed by atoms with van der Waals surface area (Å²) in [7, 11) is -1.73. The van der Waals surface area contributed by atoms with Crippen LogP contribution in [0.2, 0.25) is 0 Å². The summed E-state index contributed by atoms with van der Waals surface area (Å²) in [5.74, 6) is 0.922. The molecule has 0 aliphatic rings. The first-order valence-corrected chi connectivity index (χ1v) is 7.65. The lowest BCUT2D eigenvalue weighted by Gasteiger charge is -2.13. The second-order valence-electron chi connectivity index (χ2n) is 4.16. The Hall–Kier alpha value is -1.14. The predicted molar refractivity (Wildman–Crippen MR) is 73.0 cm³/mol. The van der Waals surface area contributed by atoms with E-state index in [9.17, 15) is 8.42 Å². The molecule has 18 heavy (non-hydrogen) atoms. The van der Waals surface area contributed by atoms with Gasteiger partial charge in [0.05, 0.1) is 4.90 Å². The molecule has 6 heteroatoms. The third kappa shape index (κ3) is 3.96. The highest BCUT2D eigenvalue weighted by molar-refractivity contribution is 7.89. The Bertz CT molecular complexity index is 470. The summed E-state index contributed by atoms with van der Waals surface area (Å²) in [6.07, 6.45) is 3.42. The number of anilines is 1. The van der Waals surface area contributed by atoms with Crippen LogP contribution in [-0.2, 0) is 10.0 Å². The number of hydrogen-bond donors (Lipinski definition) is 2. The molecule has 0 radical (unpaired) electrons. The third-order valence-electron chi connectivity index (χ3n) is 3.01. The molecule has 1 rings (SSSR count). The second kappa shape index (κ2) is 6.70. The Morgan fingerprint density at radius 2 is 2.00 bits per heavy atom. The van der Waals surface area contributed by atoms with E-state index >= 15 is 0 Å². The average Bonchev–Trinajstić information content (AvgIpc) is 2.40. The van der Waals surface area contributed by atoms with Crippen LogP contribution < -0.4 is 10.0 Å². The van der Waals surface area contributed by atoms with Crippen molar-refractivity contribution in [3.8, 4) is 0 Å². The van der Waals surface area contributed by atoms with Gasteiger partial charge in [-0.05, 0) is 12.0 Å². The number of aromatic nitrogens is 1. The van der Waals surface area contributed by atoms with Gasteiger partial charge in [-0.25, -0.2) is 18.1 Å². The first kappa shape index (κ1) is 14.9. The second-order valence-corrected chi connectivity index (χ2v) is 5.93. The van der Waals surface area contributed by atoms with E-state index in [1.165, 1.54) is 18.3 Å². The maximum atomic E-state index is 12.1. The number of nitrogens with zero attached hydrogens (tertiary/aromatic N) is 1. The van der Waals surface area contributed by atoms with Crippen molar-refractivity contribution in [1.29, 1.82) is 0 Å². The molecule has 0 spiro atoms. The molecule has 0 unspecified atom stereocenters. The normalized spacial score (nSPS) is 11.8. The lowest BCUT2D eigenvalue weighted by Crippen LogP contribution is -2.29. The van der Waals surface area contributed by atoms with E-state index in [1.807, 2.05) is 0 Å². The van der Waals surface area contributed by atoms with Gasteiger partial charge in [0, 0.05) is 25.9 Å². The molecule has 5 nitrogen and oxygen atoms in total. The van der Waals surface area contributed by atoms with Crippen molar-refractivity contribution in [3.05, 3.63) is 18.3 Å². The summed E-state index contributed by atoms with van der Waals surface area (Å²) in [6.45, 7) is 4.61. The van der Waals surface area contributed by atoms with Crippen LogP contribution in [0.5, 0.6) is 0 Å². The van der Waals surface area contributed by atoms with Gasteiger partial charge >= 0.3 is 0 Å². The molecule has 0 saturated heterocycles. The van der Waals surface area contributed by atoms with Crippen LogP contribution >= 0.6 is 0 Å². The smallest absolute Gasteiger partial charge is 0.240 e. The van der Waals surface area contributed by atoms with E-state index in [-0.39, 0.29) is 4.90 Å². The maximum Gasteiger partial charge on any atom is 0.240 e. The molecule has 1 aromatic rings. The fourth-order valence-corrected chi connectivity index (χ4v) is 2.73. The molecule has 0 aromatic carbocycles. The minimum Gasteiger partial charge on any atom is -0.373 e. The van der Waals surface area contributed by atoms with Crippen LogP contribution in [0.1, 0.15) is 26.7 Å². The molecule has 2 N–H and O–H groups in total. The average molecular weight is 271 g/mol. The zero-order valence-corrected chi connectivity index (χ0v) is 11.9. The number of pyridine rings is 1. The topological polar surface area (TPSA) is 71.1 Å². The fourth-order valence-electron chi connectivity index (χ4n) is 1.60. The summed E-state index contributed by atoms with van der Waals surface area (Å²) >= 11 is 0.